The van der Waals surface area contributed by atoms with Crippen molar-refractivity contribution >= 4 is 11.5 Å². The lowest BCUT2D eigenvalue weighted by Gasteiger charge is -2.30. The van der Waals surface area contributed by atoms with Gasteiger partial charge in [0.25, 0.3) is 0 Å². The minimum atomic E-state index is 0.107. The van der Waals surface area contributed by atoms with Gasteiger partial charge in [0.15, 0.2) is 5.84 Å². The number of hydrogen-bond acceptors (Lipinski definition) is 4. The molecule has 0 aliphatic carbocycles. The van der Waals surface area contributed by atoms with E-state index < -0.39 is 0 Å². The highest BCUT2D eigenvalue weighted by molar-refractivity contribution is 6.02. The third-order valence-corrected chi connectivity index (χ3v) is 3.46. The predicted octanol–water partition coefficient (Wildman–Crippen LogP) is 2.41. The van der Waals surface area contributed by atoms with Crippen LogP contribution in [0.3, 0.4) is 0 Å². The molecule has 0 saturated heterocycles. The molecule has 0 heterocycles. The molecule has 1 rings (SSSR count). The molecule has 19 heavy (non-hydrogen) atoms. The van der Waals surface area contributed by atoms with Crippen molar-refractivity contribution in [3.63, 3.8) is 0 Å². The van der Waals surface area contributed by atoms with Gasteiger partial charge in [0.1, 0.15) is 5.75 Å². The summed E-state index contributed by atoms with van der Waals surface area (Å²) in [4.78, 5) is 2.15. The van der Waals surface area contributed by atoms with Gasteiger partial charge in [-0.2, -0.15) is 0 Å². The second-order valence-corrected chi connectivity index (χ2v) is 4.45. The Morgan fingerprint density at radius 3 is 2.53 bits per heavy atom. The van der Waals surface area contributed by atoms with Crippen LogP contribution in [-0.4, -0.2) is 31.2 Å². The average Bonchev–Trinajstić information content (AvgIpc) is 2.46. The molecule has 0 atom stereocenters. The van der Waals surface area contributed by atoms with Gasteiger partial charge < -0.3 is 20.6 Å². The van der Waals surface area contributed by atoms with Crippen LogP contribution in [0.1, 0.15) is 32.3 Å². The molecule has 1 aromatic rings. The molecule has 0 amide bonds. The van der Waals surface area contributed by atoms with Crippen molar-refractivity contribution in [3.8, 4) is 5.75 Å². The molecule has 0 bridgehead atoms. The van der Waals surface area contributed by atoms with E-state index >= 15 is 0 Å². The minimum absolute atomic E-state index is 0.107. The van der Waals surface area contributed by atoms with E-state index in [1.807, 2.05) is 19.2 Å². The molecule has 0 radical (unpaired) electrons. The van der Waals surface area contributed by atoms with E-state index in [1.54, 1.807) is 13.2 Å². The molecule has 0 aliphatic rings. The zero-order chi connectivity index (χ0) is 14.4. The molecule has 0 saturated carbocycles. The first-order valence-electron chi connectivity index (χ1n) is 6.47. The number of hydrogen-bond donors (Lipinski definition) is 2. The Balaban J connectivity index is 3.28. The number of oxime groups is 1. The van der Waals surface area contributed by atoms with Gasteiger partial charge in [0.05, 0.1) is 12.8 Å². The maximum absolute atomic E-state index is 8.89. The monoisotopic (exact) mass is 265 g/mol. The van der Waals surface area contributed by atoms with E-state index in [1.165, 1.54) is 0 Å². The van der Waals surface area contributed by atoms with Gasteiger partial charge in [-0.15, -0.1) is 0 Å². The number of rotatable bonds is 6. The summed E-state index contributed by atoms with van der Waals surface area (Å²) in [6.07, 6.45) is 2.06. The van der Waals surface area contributed by atoms with Crippen LogP contribution in [0.5, 0.6) is 5.75 Å². The fourth-order valence-corrected chi connectivity index (χ4v) is 2.23. The molecule has 0 aromatic heterocycles. The summed E-state index contributed by atoms with van der Waals surface area (Å²) >= 11 is 0. The Morgan fingerprint density at radius 1 is 1.42 bits per heavy atom. The van der Waals surface area contributed by atoms with Gasteiger partial charge in [-0.25, -0.2) is 0 Å². The van der Waals surface area contributed by atoms with E-state index in [9.17, 15) is 0 Å². The summed E-state index contributed by atoms with van der Waals surface area (Å²) in [6, 6.07) is 5.92. The lowest BCUT2D eigenvalue weighted by Crippen LogP contribution is -2.32. The molecule has 0 unspecified atom stereocenters. The van der Waals surface area contributed by atoms with Crippen molar-refractivity contribution < 1.29 is 9.94 Å². The highest BCUT2D eigenvalue weighted by atomic mass is 16.5. The lowest BCUT2D eigenvalue weighted by atomic mass is 10.1. The topological polar surface area (TPSA) is 71.1 Å². The smallest absolute Gasteiger partial charge is 0.172 e. The molecule has 0 fully saturated rings. The van der Waals surface area contributed by atoms with Gasteiger partial charge in [-0.05, 0) is 25.0 Å². The molecule has 5 nitrogen and oxygen atoms in total. The highest BCUT2D eigenvalue weighted by Crippen LogP contribution is 2.28. The maximum Gasteiger partial charge on any atom is 0.172 e. The van der Waals surface area contributed by atoms with Gasteiger partial charge in [-0.3, -0.25) is 0 Å². The summed E-state index contributed by atoms with van der Waals surface area (Å²) in [6.45, 7) is 4.29. The SMILES string of the molecule is CCC(CC)N(C)c1cc(OC)ccc1/C(N)=N/O. The summed E-state index contributed by atoms with van der Waals surface area (Å²) in [7, 11) is 3.64. The number of nitrogens with two attached hydrogens (primary N) is 1. The lowest BCUT2D eigenvalue weighted by molar-refractivity contribution is 0.318. The van der Waals surface area contributed by atoms with Crippen molar-refractivity contribution in [2.75, 3.05) is 19.1 Å². The van der Waals surface area contributed by atoms with E-state index in [-0.39, 0.29) is 5.84 Å². The van der Waals surface area contributed by atoms with Crippen molar-refractivity contribution in [2.24, 2.45) is 10.9 Å². The Hall–Kier alpha value is -1.91. The van der Waals surface area contributed by atoms with Gasteiger partial charge in [0.2, 0.25) is 0 Å². The Bertz CT molecular complexity index is 442. The Kier molecular flexibility index (Phi) is 5.48. The quantitative estimate of drug-likeness (QED) is 0.358. The van der Waals surface area contributed by atoms with Crippen LogP contribution in [-0.2, 0) is 0 Å². The Morgan fingerprint density at radius 2 is 2.05 bits per heavy atom. The van der Waals surface area contributed by atoms with E-state index in [0.717, 1.165) is 24.3 Å². The molecule has 0 aliphatic heterocycles. The highest BCUT2D eigenvalue weighted by Gasteiger charge is 2.17. The van der Waals surface area contributed by atoms with Crippen LogP contribution in [0.2, 0.25) is 0 Å². The van der Waals surface area contributed by atoms with E-state index in [4.69, 9.17) is 15.7 Å². The first-order valence-corrected chi connectivity index (χ1v) is 6.47. The van der Waals surface area contributed by atoms with Crippen molar-refractivity contribution in [2.45, 2.75) is 32.7 Å². The van der Waals surface area contributed by atoms with E-state index in [2.05, 4.69) is 23.9 Å². The standard InChI is InChI=1S/C14H23N3O2/c1-5-10(6-2)17(3)13-9-11(19-4)7-8-12(13)14(15)16-18/h7-10,18H,5-6H2,1-4H3,(H2,15,16). The van der Waals surface area contributed by atoms with Crippen molar-refractivity contribution in [1.29, 1.82) is 0 Å². The summed E-state index contributed by atoms with van der Waals surface area (Å²) in [5.41, 5.74) is 7.35. The summed E-state index contributed by atoms with van der Waals surface area (Å²) < 4.78 is 5.25. The van der Waals surface area contributed by atoms with Crippen LogP contribution >= 0.6 is 0 Å². The normalized spacial score (nSPS) is 11.7. The van der Waals surface area contributed by atoms with Crippen LogP contribution in [0, 0.1) is 0 Å². The fourth-order valence-electron chi connectivity index (χ4n) is 2.23. The predicted molar refractivity (Wildman–Crippen MR) is 78.3 cm³/mol. The van der Waals surface area contributed by atoms with Crippen molar-refractivity contribution in [3.05, 3.63) is 23.8 Å². The molecule has 0 spiro atoms. The first kappa shape index (κ1) is 15.1. The fraction of sp³-hybridized carbons (Fsp3) is 0.500. The van der Waals surface area contributed by atoms with Crippen LogP contribution in [0.4, 0.5) is 5.69 Å². The zero-order valence-corrected chi connectivity index (χ0v) is 12.1. The average molecular weight is 265 g/mol. The minimum Gasteiger partial charge on any atom is -0.497 e. The van der Waals surface area contributed by atoms with Crippen LogP contribution < -0.4 is 15.4 Å². The van der Waals surface area contributed by atoms with Crippen LogP contribution in [0.15, 0.2) is 23.4 Å². The molecule has 106 valence electrons. The molecule has 1 aromatic carbocycles. The summed E-state index contributed by atoms with van der Waals surface area (Å²) in [5.74, 6) is 0.859. The molecule has 3 N–H and O–H groups in total. The number of amidine groups is 1. The zero-order valence-electron chi connectivity index (χ0n) is 12.1. The molecule has 5 heteroatoms. The second-order valence-electron chi connectivity index (χ2n) is 4.45. The van der Waals surface area contributed by atoms with E-state index in [0.29, 0.717) is 11.6 Å². The number of nitrogens with zero attached hydrogens (tertiary/aromatic N) is 2. The van der Waals surface area contributed by atoms with Crippen LogP contribution in [0.25, 0.3) is 0 Å². The Labute approximate surface area is 114 Å². The number of anilines is 1. The second kappa shape index (κ2) is 6.87. The van der Waals surface area contributed by atoms with Gasteiger partial charge in [-0.1, -0.05) is 19.0 Å². The molecular formula is C14H23N3O2. The van der Waals surface area contributed by atoms with Gasteiger partial charge >= 0.3 is 0 Å². The van der Waals surface area contributed by atoms with Crippen molar-refractivity contribution in [1.82, 2.24) is 0 Å². The number of benzene rings is 1. The summed E-state index contributed by atoms with van der Waals surface area (Å²) in [5, 5.41) is 12.0. The third kappa shape index (κ3) is 3.30. The molecular weight excluding hydrogens is 242 g/mol. The third-order valence-electron chi connectivity index (χ3n) is 3.46. The number of ether oxygens (including phenoxy) is 1. The number of methoxy groups -OCH3 is 1. The maximum atomic E-state index is 8.89. The largest absolute Gasteiger partial charge is 0.497 e. The van der Waals surface area contributed by atoms with Gasteiger partial charge in [0, 0.05) is 24.7 Å². The first-order chi connectivity index (χ1) is 9.08.